The Morgan fingerprint density at radius 1 is 1.38 bits per heavy atom. The summed E-state index contributed by atoms with van der Waals surface area (Å²) >= 11 is 2.35. The smallest absolute Gasteiger partial charge is 0.137 e. The SMILES string of the molecule is CCCOc1cncc(C(NN)c2cccc(C)c2I)c1. The van der Waals surface area contributed by atoms with Crippen molar-refractivity contribution in [2.75, 3.05) is 6.61 Å². The summed E-state index contributed by atoms with van der Waals surface area (Å²) in [5.74, 6) is 6.56. The summed E-state index contributed by atoms with van der Waals surface area (Å²) < 4.78 is 6.85. The molecule has 1 aromatic carbocycles. The van der Waals surface area contributed by atoms with Gasteiger partial charge in [-0.1, -0.05) is 25.1 Å². The second kappa shape index (κ2) is 7.72. The van der Waals surface area contributed by atoms with Crippen molar-refractivity contribution in [2.45, 2.75) is 26.3 Å². The molecule has 112 valence electrons. The number of nitrogens with two attached hydrogens (primary N) is 1. The van der Waals surface area contributed by atoms with Crippen molar-refractivity contribution in [2.24, 2.45) is 5.84 Å². The maximum Gasteiger partial charge on any atom is 0.137 e. The van der Waals surface area contributed by atoms with Crippen molar-refractivity contribution in [3.8, 4) is 5.75 Å². The normalized spacial score (nSPS) is 12.2. The van der Waals surface area contributed by atoms with E-state index in [0.29, 0.717) is 6.61 Å². The zero-order valence-corrected chi connectivity index (χ0v) is 14.4. The zero-order chi connectivity index (χ0) is 15.2. The summed E-state index contributed by atoms with van der Waals surface area (Å²) in [6.45, 7) is 4.86. The minimum Gasteiger partial charge on any atom is -0.492 e. The molecule has 0 spiro atoms. The van der Waals surface area contributed by atoms with Crippen LogP contribution < -0.4 is 16.0 Å². The van der Waals surface area contributed by atoms with Gasteiger partial charge in [0.2, 0.25) is 0 Å². The van der Waals surface area contributed by atoms with E-state index < -0.39 is 0 Å². The van der Waals surface area contributed by atoms with Gasteiger partial charge in [0.15, 0.2) is 0 Å². The van der Waals surface area contributed by atoms with E-state index in [1.54, 1.807) is 6.20 Å². The molecule has 0 aliphatic carbocycles. The number of benzene rings is 1. The summed E-state index contributed by atoms with van der Waals surface area (Å²) in [5.41, 5.74) is 6.26. The lowest BCUT2D eigenvalue weighted by molar-refractivity contribution is 0.315. The van der Waals surface area contributed by atoms with E-state index in [1.807, 2.05) is 18.3 Å². The van der Waals surface area contributed by atoms with E-state index in [4.69, 9.17) is 10.6 Å². The van der Waals surface area contributed by atoms with Crippen molar-refractivity contribution < 1.29 is 4.74 Å². The zero-order valence-electron chi connectivity index (χ0n) is 12.3. The number of aryl methyl sites for hydroxylation is 1. The third-order valence-electron chi connectivity index (χ3n) is 3.24. The molecule has 0 amide bonds. The highest BCUT2D eigenvalue weighted by Crippen LogP contribution is 2.28. The van der Waals surface area contributed by atoms with Crippen LogP contribution in [0.1, 0.15) is 36.1 Å². The van der Waals surface area contributed by atoms with Gasteiger partial charge in [0.05, 0.1) is 18.8 Å². The van der Waals surface area contributed by atoms with Crippen molar-refractivity contribution in [1.29, 1.82) is 0 Å². The minimum absolute atomic E-state index is 0.102. The summed E-state index contributed by atoms with van der Waals surface area (Å²) in [6, 6.07) is 8.11. The van der Waals surface area contributed by atoms with Gasteiger partial charge in [-0.3, -0.25) is 10.8 Å². The molecule has 2 rings (SSSR count). The summed E-state index contributed by atoms with van der Waals surface area (Å²) in [5, 5.41) is 0. The maximum absolute atomic E-state index is 5.78. The van der Waals surface area contributed by atoms with Crippen LogP contribution in [0.2, 0.25) is 0 Å². The van der Waals surface area contributed by atoms with Gasteiger partial charge in [-0.25, -0.2) is 5.43 Å². The van der Waals surface area contributed by atoms with E-state index in [2.05, 4.69) is 59.0 Å². The van der Waals surface area contributed by atoms with Gasteiger partial charge in [0, 0.05) is 9.77 Å². The molecule has 0 saturated heterocycles. The highest BCUT2D eigenvalue weighted by Gasteiger charge is 2.17. The number of hydrazine groups is 1. The monoisotopic (exact) mass is 397 g/mol. The Morgan fingerprint density at radius 2 is 2.19 bits per heavy atom. The number of ether oxygens (including phenoxy) is 1. The number of rotatable bonds is 6. The number of pyridine rings is 1. The van der Waals surface area contributed by atoms with Crippen LogP contribution >= 0.6 is 22.6 Å². The minimum atomic E-state index is -0.102. The van der Waals surface area contributed by atoms with Crippen LogP contribution in [-0.2, 0) is 0 Å². The van der Waals surface area contributed by atoms with Crippen molar-refractivity contribution in [1.82, 2.24) is 10.4 Å². The van der Waals surface area contributed by atoms with E-state index in [0.717, 1.165) is 23.3 Å². The Kier molecular flexibility index (Phi) is 5.96. The fourth-order valence-corrected chi connectivity index (χ4v) is 2.82. The molecular weight excluding hydrogens is 377 g/mol. The van der Waals surface area contributed by atoms with Gasteiger partial charge in [-0.2, -0.15) is 0 Å². The fourth-order valence-electron chi connectivity index (χ4n) is 2.15. The molecular formula is C16H20IN3O. The van der Waals surface area contributed by atoms with Gasteiger partial charge in [0.25, 0.3) is 0 Å². The first-order valence-corrected chi connectivity index (χ1v) is 8.04. The fraction of sp³-hybridized carbons (Fsp3) is 0.312. The van der Waals surface area contributed by atoms with Crippen LogP contribution in [0.4, 0.5) is 0 Å². The molecule has 0 fully saturated rings. The number of halogens is 1. The summed E-state index contributed by atoms with van der Waals surface area (Å²) in [7, 11) is 0. The largest absolute Gasteiger partial charge is 0.492 e. The molecule has 21 heavy (non-hydrogen) atoms. The van der Waals surface area contributed by atoms with Crippen LogP contribution in [-0.4, -0.2) is 11.6 Å². The lowest BCUT2D eigenvalue weighted by Crippen LogP contribution is -2.29. The van der Waals surface area contributed by atoms with E-state index in [-0.39, 0.29) is 6.04 Å². The van der Waals surface area contributed by atoms with Crippen molar-refractivity contribution in [3.63, 3.8) is 0 Å². The van der Waals surface area contributed by atoms with Crippen LogP contribution in [0.3, 0.4) is 0 Å². The highest BCUT2D eigenvalue weighted by molar-refractivity contribution is 14.1. The second-order valence-electron chi connectivity index (χ2n) is 4.88. The van der Waals surface area contributed by atoms with Crippen LogP contribution in [0.15, 0.2) is 36.7 Å². The first-order chi connectivity index (χ1) is 10.2. The third-order valence-corrected chi connectivity index (χ3v) is 4.71. The lowest BCUT2D eigenvalue weighted by atomic mass is 9.99. The first kappa shape index (κ1) is 16.2. The number of nitrogens with one attached hydrogen (secondary N) is 1. The number of aromatic nitrogens is 1. The number of hydrogen-bond donors (Lipinski definition) is 2. The molecule has 2 aromatic rings. The maximum atomic E-state index is 5.78. The van der Waals surface area contributed by atoms with Crippen molar-refractivity contribution >= 4 is 22.6 Å². The average Bonchev–Trinajstić information content (AvgIpc) is 2.50. The summed E-state index contributed by atoms with van der Waals surface area (Å²) in [4.78, 5) is 4.26. The molecule has 0 aliphatic rings. The highest BCUT2D eigenvalue weighted by atomic mass is 127. The van der Waals surface area contributed by atoms with E-state index in [9.17, 15) is 0 Å². The lowest BCUT2D eigenvalue weighted by Gasteiger charge is -2.19. The molecule has 0 saturated carbocycles. The molecule has 0 aliphatic heterocycles. The average molecular weight is 397 g/mol. The number of hydrogen-bond acceptors (Lipinski definition) is 4. The third kappa shape index (κ3) is 3.93. The predicted molar refractivity (Wildman–Crippen MR) is 93.1 cm³/mol. The Balaban J connectivity index is 2.35. The molecule has 1 aromatic heterocycles. The Hall–Kier alpha value is -1.18. The number of nitrogens with zero attached hydrogens (tertiary/aromatic N) is 1. The van der Waals surface area contributed by atoms with E-state index >= 15 is 0 Å². The summed E-state index contributed by atoms with van der Waals surface area (Å²) in [6.07, 6.45) is 4.52. The van der Waals surface area contributed by atoms with Gasteiger partial charge in [-0.15, -0.1) is 0 Å². The molecule has 1 unspecified atom stereocenters. The molecule has 3 N–H and O–H groups in total. The Labute approximate surface area is 139 Å². The van der Waals surface area contributed by atoms with Crippen LogP contribution in [0, 0.1) is 10.5 Å². The van der Waals surface area contributed by atoms with Gasteiger partial charge in [0.1, 0.15) is 5.75 Å². The molecule has 0 bridgehead atoms. The molecule has 1 heterocycles. The van der Waals surface area contributed by atoms with Crippen molar-refractivity contribution in [3.05, 3.63) is 56.9 Å². The molecule has 0 radical (unpaired) electrons. The Bertz CT molecular complexity index is 604. The molecule has 1 atom stereocenters. The predicted octanol–water partition coefficient (Wildman–Crippen LogP) is 3.34. The first-order valence-electron chi connectivity index (χ1n) is 6.96. The van der Waals surface area contributed by atoms with Gasteiger partial charge < -0.3 is 4.74 Å². The second-order valence-corrected chi connectivity index (χ2v) is 5.96. The molecule has 5 heteroatoms. The van der Waals surface area contributed by atoms with Crippen LogP contribution in [0.25, 0.3) is 0 Å². The quantitative estimate of drug-likeness (QED) is 0.446. The van der Waals surface area contributed by atoms with Gasteiger partial charge >= 0.3 is 0 Å². The van der Waals surface area contributed by atoms with Gasteiger partial charge in [-0.05, 0) is 58.7 Å². The van der Waals surface area contributed by atoms with Crippen LogP contribution in [0.5, 0.6) is 5.75 Å². The van der Waals surface area contributed by atoms with E-state index in [1.165, 1.54) is 9.13 Å². The topological polar surface area (TPSA) is 60.2 Å². The standard InChI is InChI=1S/C16H20IN3O/c1-3-7-21-13-8-12(9-19-10-13)16(20-18)14-6-4-5-11(2)15(14)17/h4-6,8-10,16,20H,3,7,18H2,1-2H3. The molecule has 4 nitrogen and oxygen atoms in total. The Morgan fingerprint density at radius 3 is 2.90 bits per heavy atom.